The molecular formula is C14H10Cl2F2N6O. The molecule has 0 radical (unpaired) electrons. The lowest BCUT2D eigenvalue weighted by Crippen LogP contribution is -2.11. The Hall–Kier alpha value is -2.39. The molecule has 0 aliphatic carbocycles. The van der Waals surface area contributed by atoms with Crippen LogP contribution in [0.15, 0.2) is 35.2 Å². The summed E-state index contributed by atoms with van der Waals surface area (Å²) in [5, 5.41) is 3.24. The van der Waals surface area contributed by atoms with Crippen LogP contribution in [0.5, 0.6) is 0 Å². The number of aromatic nitrogens is 5. The van der Waals surface area contributed by atoms with E-state index in [4.69, 9.17) is 23.2 Å². The number of alkyl halides is 3. The molecule has 0 spiro atoms. The zero-order valence-corrected chi connectivity index (χ0v) is 14.1. The highest BCUT2D eigenvalue weighted by Crippen LogP contribution is 2.32. The molecular weight excluding hydrogens is 377 g/mol. The van der Waals surface area contributed by atoms with Crippen LogP contribution in [-0.4, -0.2) is 25.1 Å². The highest BCUT2D eigenvalue weighted by Gasteiger charge is 2.35. The van der Waals surface area contributed by atoms with Gasteiger partial charge in [-0.25, -0.2) is 9.97 Å². The van der Waals surface area contributed by atoms with Crippen LogP contribution in [0, 0.1) is 0 Å². The van der Waals surface area contributed by atoms with E-state index in [9.17, 15) is 8.78 Å². The van der Waals surface area contributed by atoms with E-state index < -0.39 is 11.3 Å². The lowest BCUT2D eigenvalue weighted by atomic mass is 10.2. The SMILES string of the molecule is CC(Nc1ncc(-c2noc(C(F)(F)Cl)n2)cn1)c1ncccc1Cl. The van der Waals surface area contributed by atoms with Crippen LogP contribution in [0.25, 0.3) is 11.4 Å². The number of pyridine rings is 1. The van der Waals surface area contributed by atoms with E-state index in [1.807, 2.05) is 6.92 Å². The molecule has 3 aromatic rings. The lowest BCUT2D eigenvalue weighted by molar-refractivity contribution is 0.0551. The monoisotopic (exact) mass is 386 g/mol. The maximum absolute atomic E-state index is 12.9. The van der Waals surface area contributed by atoms with Gasteiger partial charge in [0.2, 0.25) is 11.8 Å². The first-order valence-corrected chi connectivity index (χ1v) is 7.70. The number of hydrogen-bond donors (Lipinski definition) is 1. The molecule has 3 rings (SSSR count). The zero-order chi connectivity index (χ0) is 18.0. The van der Waals surface area contributed by atoms with Gasteiger partial charge in [0.1, 0.15) is 0 Å². The predicted octanol–water partition coefficient (Wildman–Crippen LogP) is 4.04. The average Bonchev–Trinajstić information content (AvgIpc) is 3.06. The van der Waals surface area contributed by atoms with Gasteiger partial charge in [-0.2, -0.15) is 13.8 Å². The molecule has 0 amide bonds. The van der Waals surface area contributed by atoms with E-state index >= 15 is 0 Å². The second kappa shape index (κ2) is 6.85. The van der Waals surface area contributed by atoms with Gasteiger partial charge < -0.3 is 9.84 Å². The summed E-state index contributed by atoms with van der Waals surface area (Å²) in [6.45, 7) is 1.85. The minimum absolute atomic E-state index is 0.0947. The molecule has 0 fully saturated rings. The Morgan fingerprint density at radius 3 is 2.56 bits per heavy atom. The number of nitrogens with zero attached hydrogens (tertiary/aromatic N) is 5. The highest BCUT2D eigenvalue weighted by molar-refractivity contribution is 6.31. The third-order valence-corrected chi connectivity index (χ3v) is 3.60. The smallest absolute Gasteiger partial charge is 0.346 e. The van der Waals surface area contributed by atoms with Crippen LogP contribution in [0.2, 0.25) is 5.02 Å². The van der Waals surface area contributed by atoms with E-state index in [0.717, 1.165) is 0 Å². The quantitative estimate of drug-likeness (QED) is 0.661. The van der Waals surface area contributed by atoms with Gasteiger partial charge in [0.15, 0.2) is 0 Å². The fourth-order valence-electron chi connectivity index (χ4n) is 1.95. The van der Waals surface area contributed by atoms with E-state index in [0.29, 0.717) is 22.2 Å². The molecule has 25 heavy (non-hydrogen) atoms. The molecule has 0 bridgehead atoms. The third-order valence-electron chi connectivity index (χ3n) is 3.12. The van der Waals surface area contributed by atoms with Crippen molar-refractivity contribution in [3.8, 4) is 11.4 Å². The topological polar surface area (TPSA) is 89.6 Å². The highest BCUT2D eigenvalue weighted by atomic mass is 35.5. The maximum atomic E-state index is 12.9. The van der Waals surface area contributed by atoms with Gasteiger partial charge in [-0.1, -0.05) is 16.8 Å². The third kappa shape index (κ3) is 3.99. The Balaban J connectivity index is 1.74. The second-order valence-corrected chi connectivity index (χ2v) is 5.83. The molecule has 130 valence electrons. The van der Waals surface area contributed by atoms with Crippen LogP contribution in [0.4, 0.5) is 14.7 Å². The number of halogens is 4. The summed E-state index contributed by atoms with van der Waals surface area (Å²) in [5.41, 5.74) is 0.939. The van der Waals surface area contributed by atoms with E-state index in [1.54, 1.807) is 18.3 Å². The van der Waals surface area contributed by atoms with Gasteiger partial charge in [0.25, 0.3) is 0 Å². The van der Waals surface area contributed by atoms with Crippen LogP contribution < -0.4 is 5.32 Å². The van der Waals surface area contributed by atoms with Crippen molar-refractivity contribution in [3.05, 3.63) is 47.3 Å². The molecule has 1 atom stereocenters. The van der Waals surface area contributed by atoms with Gasteiger partial charge in [0.05, 0.1) is 22.3 Å². The fraction of sp³-hybridized carbons (Fsp3) is 0.214. The van der Waals surface area contributed by atoms with Crippen molar-refractivity contribution in [2.45, 2.75) is 18.3 Å². The molecule has 0 aromatic carbocycles. The standard InChI is InChI=1S/C14H10Cl2F2N6O/c1-7(10-9(15)3-2-4-19-10)22-13-20-5-8(6-21-13)11-23-12(25-24-11)14(16,17)18/h2-7H,1H3,(H,20,21,22). The zero-order valence-electron chi connectivity index (χ0n) is 12.6. The van der Waals surface area contributed by atoms with Crippen molar-refractivity contribution < 1.29 is 13.3 Å². The van der Waals surface area contributed by atoms with Crippen molar-refractivity contribution in [3.63, 3.8) is 0 Å². The molecule has 7 nitrogen and oxygen atoms in total. The lowest BCUT2D eigenvalue weighted by Gasteiger charge is -2.14. The van der Waals surface area contributed by atoms with E-state index in [2.05, 4.69) is 34.9 Å². The molecule has 3 heterocycles. The van der Waals surface area contributed by atoms with E-state index in [1.165, 1.54) is 12.4 Å². The summed E-state index contributed by atoms with van der Waals surface area (Å²) in [6, 6.07) is 3.21. The molecule has 0 saturated heterocycles. The summed E-state index contributed by atoms with van der Waals surface area (Å²) >= 11 is 10.9. The van der Waals surface area contributed by atoms with Crippen molar-refractivity contribution in [1.29, 1.82) is 0 Å². The second-order valence-electron chi connectivity index (χ2n) is 4.95. The van der Waals surface area contributed by atoms with Crippen molar-refractivity contribution >= 4 is 29.2 Å². The first-order chi connectivity index (χ1) is 11.8. The molecule has 11 heteroatoms. The number of anilines is 1. The Kier molecular flexibility index (Phi) is 4.78. The van der Waals surface area contributed by atoms with Gasteiger partial charge in [-0.05, 0) is 30.7 Å². The molecule has 0 saturated carbocycles. The number of rotatable bonds is 5. The minimum Gasteiger partial charge on any atom is -0.346 e. The fourth-order valence-corrected chi connectivity index (χ4v) is 2.31. The Morgan fingerprint density at radius 1 is 1.24 bits per heavy atom. The first kappa shape index (κ1) is 17.4. The Labute approximate surface area is 150 Å². The largest absolute Gasteiger partial charge is 0.400 e. The molecule has 1 unspecified atom stereocenters. The molecule has 0 aliphatic rings. The van der Waals surface area contributed by atoms with Crippen LogP contribution in [0.3, 0.4) is 0 Å². The maximum Gasteiger partial charge on any atom is 0.400 e. The van der Waals surface area contributed by atoms with Crippen molar-refractivity contribution in [2.75, 3.05) is 5.32 Å². The Morgan fingerprint density at radius 2 is 1.96 bits per heavy atom. The number of nitrogens with one attached hydrogen (secondary N) is 1. The van der Waals surface area contributed by atoms with Crippen molar-refractivity contribution in [1.82, 2.24) is 25.1 Å². The van der Waals surface area contributed by atoms with Crippen LogP contribution in [0.1, 0.15) is 24.6 Å². The van der Waals surface area contributed by atoms with Crippen LogP contribution in [-0.2, 0) is 5.38 Å². The minimum atomic E-state index is -3.73. The molecule has 3 aromatic heterocycles. The normalized spacial score (nSPS) is 12.8. The summed E-state index contributed by atoms with van der Waals surface area (Å²) in [5.74, 6) is -0.795. The van der Waals surface area contributed by atoms with E-state index in [-0.39, 0.29) is 11.9 Å². The number of hydrogen-bond acceptors (Lipinski definition) is 7. The summed E-state index contributed by atoms with van der Waals surface area (Å²) < 4.78 is 30.2. The first-order valence-electron chi connectivity index (χ1n) is 6.95. The Bertz CT molecular complexity index is 868. The summed E-state index contributed by atoms with van der Waals surface area (Å²) in [6.07, 6.45) is 4.36. The van der Waals surface area contributed by atoms with Crippen molar-refractivity contribution in [2.24, 2.45) is 0 Å². The summed E-state index contributed by atoms with van der Waals surface area (Å²) in [7, 11) is 0. The molecule has 1 N–H and O–H groups in total. The van der Waals surface area contributed by atoms with Gasteiger partial charge in [0, 0.05) is 18.6 Å². The van der Waals surface area contributed by atoms with Gasteiger partial charge >= 0.3 is 11.3 Å². The van der Waals surface area contributed by atoms with Gasteiger partial charge in [-0.3, -0.25) is 4.98 Å². The van der Waals surface area contributed by atoms with Gasteiger partial charge in [-0.15, -0.1) is 0 Å². The molecule has 0 aliphatic heterocycles. The van der Waals surface area contributed by atoms with Crippen LogP contribution >= 0.6 is 23.2 Å². The summed E-state index contributed by atoms with van der Waals surface area (Å²) in [4.78, 5) is 15.9. The predicted molar refractivity (Wildman–Crippen MR) is 86.4 cm³/mol. The average molecular weight is 387 g/mol.